The van der Waals surface area contributed by atoms with Gasteiger partial charge in [-0.05, 0) is 75.8 Å². The predicted octanol–water partition coefficient (Wildman–Crippen LogP) is 6.04. The van der Waals surface area contributed by atoms with Crippen molar-refractivity contribution in [2.24, 2.45) is 5.92 Å². The molecule has 2 aromatic rings. The number of Topliss-reactive ketones (excluding diaryl/α,β-unsaturated/α-hetero) is 1. The molecule has 2 aliphatic heterocycles. The maximum Gasteiger partial charge on any atom is 0.410 e. The first kappa shape index (κ1) is 21.3. The number of amides is 1. The number of carbonyl (C=O) groups excluding carboxylic acids is 2. The summed E-state index contributed by atoms with van der Waals surface area (Å²) in [5.74, 6) is 0.727. The summed E-state index contributed by atoms with van der Waals surface area (Å²) in [6.45, 7) is 6.70. The van der Waals surface area contributed by atoms with Gasteiger partial charge in [-0.2, -0.15) is 0 Å². The molecular formula is C26H28ClNO4. The van der Waals surface area contributed by atoms with E-state index >= 15 is 0 Å². The molecule has 1 fully saturated rings. The van der Waals surface area contributed by atoms with E-state index in [4.69, 9.17) is 21.1 Å². The fourth-order valence-corrected chi connectivity index (χ4v) is 5.53. The van der Waals surface area contributed by atoms with Crippen LogP contribution in [0.2, 0.25) is 5.02 Å². The lowest BCUT2D eigenvalue weighted by Gasteiger charge is -2.35. The number of ketones is 1. The highest BCUT2D eigenvalue weighted by Gasteiger charge is 2.43. The van der Waals surface area contributed by atoms with E-state index in [1.54, 1.807) is 4.90 Å². The molecule has 0 saturated carbocycles. The lowest BCUT2D eigenvalue weighted by molar-refractivity contribution is 0.0175. The molecule has 0 aromatic heterocycles. The lowest BCUT2D eigenvalue weighted by Crippen LogP contribution is -2.46. The fraction of sp³-hybridized carbons (Fsp3) is 0.462. The molecule has 2 aromatic carbocycles. The number of likely N-dealkylation sites (tertiary alicyclic amines) is 1. The first-order chi connectivity index (χ1) is 15.2. The van der Waals surface area contributed by atoms with Crippen LogP contribution >= 0.6 is 11.6 Å². The molecule has 32 heavy (non-hydrogen) atoms. The minimum Gasteiger partial charge on any atom is -0.488 e. The van der Waals surface area contributed by atoms with Crippen molar-refractivity contribution in [3.8, 4) is 16.9 Å². The van der Waals surface area contributed by atoms with E-state index in [1.807, 2.05) is 51.1 Å². The van der Waals surface area contributed by atoms with Gasteiger partial charge in [0.25, 0.3) is 0 Å². The second kappa shape index (κ2) is 7.80. The summed E-state index contributed by atoms with van der Waals surface area (Å²) in [6, 6.07) is 9.66. The van der Waals surface area contributed by atoms with Crippen LogP contribution in [-0.2, 0) is 17.8 Å². The van der Waals surface area contributed by atoms with Gasteiger partial charge in [0.1, 0.15) is 18.0 Å². The second-order valence-electron chi connectivity index (χ2n) is 9.95. The standard InChI is InChI=1S/C26H28ClNO4/c1-26(2,3)32-25(30)28-12-4-5-22(28)21-11-10-20-18(23(21)29)8-9-19-17-7-6-16(27)13-15(17)14-31-24(19)20/h6-9,13,21-22H,4-5,10-12,14H2,1-3H3. The van der Waals surface area contributed by atoms with Crippen molar-refractivity contribution in [1.29, 1.82) is 0 Å². The molecule has 1 amide bonds. The Balaban J connectivity index is 1.44. The van der Waals surface area contributed by atoms with E-state index in [2.05, 4.69) is 0 Å². The van der Waals surface area contributed by atoms with Crippen molar-refractivity contribution >= 4 is 23.5 Å². The van der Waals surface area contributed by atoms with Crippen LogP contribution in [0.1, 0.15) is 61.5 Å². The van der Waals surface area contributed by atoms with Crippen molar-refractivity contribution in [1.82, 2.24) is 4.90 Å². The molecule has 168 valence electrons. The average Bonchev–Trinajstić information content (AvgIpc) is 3.22. The van der Waals surface area contributed by atoms with Gasteiger partial charge in [0.15, 0.2) is 5.78 Å². The first-order valence-electron chi connectivity index (χ1n) is 11.3. The highest BCUT2D eigenvalue weighted by atomic mass is 35.5. The van der Waals surface area contributed by atoms with Crippen molar-refractivity contribution in [3.05, 3.63) is 52.0 Å². The quantitative estimate of drug-likeness (QED) is 0.527. The maximum absolute atomic E-state index is 13.6. The highest BCUT2D eigenvalue weighted by molar-refractivity contribution is 6.30. The number of hydrogen-bond donors (Lipinski definition) is 0. The number of ether oxygens (including phenoxy) is 2. The molecular weight excluding hydrogens is 426 g/mol. The number of fused-ring (bicyclic) bond motifs is 5. The summed E-state index contributed by atoms with van der Waals surface area (Å²) in [5, 5.41) is 0.692. The molecule has 0 spiro atoms. The van der Waals surface area contributed by atoms with Crippen LogP contribution < -0.4 is 4.74 Å². The van der Waals surface area contributed by atoms with Gasteiger partial charge in [-0.25, -0.2) is 4.79 Å². The summed E-state index contributed by atoms with van der Waals surface area (Å²) in [5.41, 5.74) is 4.36. The average molecular weight is 454 g/mol. The van der Waals surface area contributed by atoms with Crippen LogP contribution in [-0.4, -0.2) is 35.0 Å². The zero-order chi connectivity index (χ0) is 22.6. The van der Waals surface area contributed by atoms with E-state index in [0.717, 1.165) is 52.8 Å². The third kappa shape index (κ3) is 3.66. The Morgan fingerprint density at radius 2 is 1.88 bits per heavy atom. The number of carbonyl (C=O) groups is 2. The first-order valence-corrected chi connectivity index (χ1v) is 11.7. The monoisotopic (exact) mass is 453 g/mol. The Kier molecular flexibility index (Phi) is 5.20. The molecule has 5 rings (SSSR count). The van der Waals surface area contributed by atoms with Gasteiger partial charge in [0, 0.05) is 40.2 Å². The fourth-order valence-electron chi connectivity index (χ4n) is 5.33. The summed E-state index contributed by atoms with van der Waals surface area (Å²) in [7, 11) is 0. The molecule has 1 aliphatic carbocycles. The van der Waals surface area contributed by atoms with Crippen molar-refractivity contribution in [2.75, 3.05) is 6.54 Å². The highest BCUT2D eigenvalue weighted by Crippen LogP contribution is 2.45. The summed E-state index contributed by atoms with van der Waals surface area (Å²) in [4.78, 5) is 28.1. The van der Waals surface area contributed by atoms with Crippen LogP contribution in [0.15, 0.2) is 30.3 Å². The Morgan fingerprint density at radius 3 is 2.66 bits per heavy atom. The van der Waals surface area contributed by atoms with Crippen LogP contribution in [0.25, 0.3) is 11.1 Å². The lowest BCUT2D eigenvalue weighted by atomic mass is 9.76. The SMILES string of the molecule is CC(C)(C)OC(=O)N1CCCC1C1CCc2c(ccc3c2OCc2cc(Cl)ccc2-3)C1=O. The molecule has 0 radical (unpaired) electrons. The normalized spacial score (nSPS) is 22.0. The van der Waals surface area contributed by atoms with Crippen molar-refractivity contribution in [3.63, 3.8) is 0 Å². The topological polar surface area (TPSA) is 55.8 Å². The van der Waals surface area contributed by atoms with Gasteiger partial charge in [0.2, 0.25) is 0 Å². The minimum atomic E-state index is -0.551. The van der Waals surface area contributed by atoms with Gasteiger partial charge in [-0.1, -0.05) is 23.7 Å². The van der Waals surface area contributed by atoms with Crippen LogP contribution in [0.3, 0.4) is 0 Å². The number of benzene rings is 2. The molecule has 6 heteroatoms. The van der Waals surface area contributed by atoms with E-state index in [9.17, 15) is 9.59 Å². The number of hydrogen-bond acceptors (Lipinski definition) is 4. The molecule has 5 nitrogen and oxygen atoms in total. The smallest absolute Gasteiger partial charge is 0.410 e. The predicted molar refractivity (Wildman–Crippen MR) is 123 cm³/mol. The third-order valence-corrected chi connectivity index (χ3v) is 6.92. The van der Waals surface area contributed by atoms with Gasteiger partial charge in [0.05, 0.1) is 0 Å². The zero-order valence-electron chi connectivity index (χ0n) is 18.7. The molecule has 3 aliphatic rings. The number of halogens is 1. The molecule has 0 N–H and O–H groups in total. The Morgan fingerprint density at radius 1 is 1.12 bits per heavy atom. The Hall–Kier alpha value is -2.53. The Bertz CT molecular complexity index is 1100. The van der Waals surface area contributed by atoms with Crippen LogP contribution in [0.5, 0.6) is 5.75 Å². The largest absolute Gasteiger partial charge is 0.488 e. The van der Waals surface area contributed by atoms with E-state index in [-0.39, 0.29) is 23.8 Å². The Labute approximate surface area is 193 Å². The second-order valence-corrected chi connectivity index (χ2v) is 10.4. The summed E-state index contributed by atoms with van der Waals surface area (Å²) < 4.78 is 11.7. The van der Waals surface area contributed by atoms with Crippen molar-refractivity contribution < 1.29 is 19.1 Å². The third-order valence-electron chi connectivity index (χ3n) is 6.69. The van der Waals surface area contributed by atoms with E-state index in [1.165, 1.54) is 0 Å². The molecule has 2 heterocycles. The maximum atomic E-state index is 13.6. The number of nitrogens with zero attached hydrogens (tertiary/aromatic N) is 1. The number of rotatable bonds is 1. The molecule has 1 saturated heterocycles. The van der Waals surface area contributed by atoms with Gasteiger partial charge in [-0.15, -0.1) is 0 Å². The zero-order valence-corrected chi connectivity index (χ0v) is 19.5. The van der Waals surface area contributed by atoms with E-state index in [0.29, 0.717) is 24.6 Å². The minimum absolute atomic E-state index is 0.106. The summed E-state index contributed by atoms with van der Waals surface area (Å²) >= 11 is 6.15. The van der Waals surface area contributed by atoms with Crippen LogP contribution in [0, 0.1) is 5.92 Å². The molecule has 2 unspecified atom stereocenters. The van der Waals surface area contributed by atoms with Crippen molar-refractivity contribution in [2.45, 2.75) is 64.7 Å². The molecule has 2 atom stereocenters. The van der Waals surface area contributed by atoms with Gasteiger partial charge >= 0.3 is 6.09 Å². The van der Waals surface area contributed by atoms with Crippen LogP contribution in [0.4, 0.5) is 4.79 Å². The van der Waals surface area contributed by atoms with E-state index < -0.39 is 5.60 Å². The summed E-state index contributed by atoms with van der Waals surface area (Å²) in [6.07, 6.45) is 2.88. The molecule has 0 bridgehead atoms. The van der Waals surface area contributed by atoms with Gasteiger partial charge < -0.3 is 14.4 Å². The van der Waals surface area contributed by atoms with Gasteiger partial charge in [-0.3, -0.25) is 4.79 Å².